The molecule has 0 fully saturated rings. The zero-order valence-corrected chi connectivity index (χ0v) is 8.67. The Morgan fingerprint density at radius 1 is 1.82 bits per heavy atom. The van der Waals surface area contributed by atoms with Crippen LogP contribution in [0.3, 0.4) is 0 Å². The fraction of sp³-hybridized carbons (Fsp3) is 0.800. The van der Waals surface area contributed by atoms with Crippen molar-refractivity contribution in [3.05, 3.63) is 0 Å². The summed E-state index contributed by atoms with van der Waals surface area (Å²) >= 11 is 13.2. The summed E-state index contributed by atoms with van der Waals surface area (Å²) in [6.45, 7) is 3.31. The molecule has 0 bridgehead atoms. The molecule has 0 saturated heterocycles. The van der Waals surface area contributed by atoms with E-state index in [9.17, 15) is 4.79 Å². The molecule has 0 aromatic heterocycles. The Hall–Kier alpha value is 0.0600. The van der Waals surface area contributed by atoms with Gasteiger partial charge in [-0.1, -0.05) is 25.2 Å². The molecule has 0 aromatic rings. The lowest BCUT2D eigenvalue weighted by molar-refractivity contribution is -0.362. The summed E-state index contributed by atoms with van der Waals surface area (Å²) in [5.41, 5.74) is 0. The van der Waals surface area contributed by atoms with E-state index in [-0.39, 0.29) is 0 Å². The summed E-state index contributed by atoms with van der Waals surface area (Å²) in [5.74, 6) is -1.05. The van der Waals surface area contributed by atoms with Gasteiger partial charge in [0, 0.05) is 0 Å². The molecule has 0 spiro atoms. The highest BCUT2D eigenvalue weighted by Gasteiger charge is 2.38. The van der Waals surface area contributed by atoms with E-state index in [0.717, 1.165) is 3.35 Å². The van der Waals surface area contributed by atoms with Gasteiger partial charge in [-0.2, -0.15) is 12.6 Å². The molecule has 0 aliphatic rings. The monoisotopic (exact) mass is 211 g/mol. The van der Waals surface area contributed by atoms with Crippen LogP contribution in [0.5, 0.6) is 0 Å². The lowest BCUT2D eigenvalue weighted by atomic mass is 10.1. The Morgan fingerprint density at radius 2 is 2.18 bits per heavy atom. The fourth-order valence-electron chi connectivity index (χ4n) is 0.650. The standard InChI is InChI=1S/C5H9NO2S3/c1-5(2,9)3(4(7)8)6(10)11/h3,9H,1-2H3,(H,7,8). The molecule has 11 heavy (non-hydrogen) atoms. The zero-order valence-electron chi connectivity index (χ0n) is 6.14. The molecule has 6 heteroatoms. The molecule has 0 aliphatic heterocycles. The highest BCUT2D eigenvalue weighted by Crippen LogP contribution is 2.19. The van der Waals surface area contributed by atoms with Gasteiger partial charge in [-0.05, 0) is 13.8 Å². The van der Waals surface area contributed by atoms with Gasteiger partial charge in [-0.15, -0.1) is 0 Å². The van der Waals surface area contributed by atoms with Crippen molar-refractivity contribution in [1.29, 1.82) is 0 Å². The predicted octanol–water partition coefficient (Wildman–Crippen LogP) is 0.353. The van der Waals surface area contributed by atoms with Crippen LogP contribution in [0, 0.1) is 0 Å². The maximum absolute atomic E-state index is 10.6. The van der Waals surface area contributed by atoms with E-state index in [1.807, 2.05) is 0 Å². The first-order valence-electron chi connectivity index (χ1n) is 2.85. The summed E-state index contributed by atoms with van der Waals surface area (Å²) in [6, 6.07) is -0.921. The quantitative estimate of drug-likeness (QED) is 0.401. The van der Waals surface area contributed by atoms with Crippen LogP contribution in [0.2, 0.25) is 0 Å². The molecule has 0 aliphatic carbocycles. The van der Waals surface area contributed by atoms with Gasteiger partial charge in [0.2, 0.25) is 0 Å². The number of thiol groups is 1. The van der Waals surface area contributed by atoms with Crippen LogP contribution in [0.4, 0.5) is 0 Å². The first-order chi connectivity index (χ1) is 4.76. The Morgan fingerprint density at radius 3 is 2.18 bits per heavy atom. The van der Waals surface area contributed by atoms with Crippen LogP contribution in [-0.2, 0) is 30.0 Å². The maximum Gasteiger partial charge on any atom is 0.374 e. The van der Waals surface area contributed by atoms with Crippen molar-refractivity contribution in [2.45, 2.75) is 24.6 Å². The van der Waals surface area contributed by atoms with Crippen LogP contribution >= 0.6 is 12.6 Å². The predicted molar refractivity (Wildman–Crippen MR) is 49.5 cm³/mol. The smallest absolute Gasteiger partial charge is 0.374 e. The molecule has 1 N–H and O–H groups in total. The first kappa shape index (κ1) is 11.1. The third kappa shape index (κ3) is 3.31. The van der Waals surface area contributed by atoms with E-state index < -0.39 is 16.8 Å². The van der Waals surface area contributed by atoms with Crippen molar-refractivity contribution >= 4 is 43.8 Å². The van der Waals surface area contributed by atoms with Gasteiger partial charge < -0.3 is 5.11 Å². The van der Waals surface area contributed by atoms with E-state index in [1.54, 1.807) is 13.8 Å². The Kier molecular flexibility index (Phi) is 3.66. The number of carboxylic acids is 1. The van der Waals surface area contributed by atoms with E-state index in [2.05, 4.69) is 37.9 Å². The third-order valence-corrected chi connectivity index (χ3v) is 1.78. The summed E-state index contributed by atoms with van der Waals surface area (Å²) in [4.78, 5) is 10.6. The van der Waals surface area contributed by atoms with Gasteiger partial charge in [-0.3, -0.25) is 0 Å². The van der Waals surface area contributed by atoms with Crippen molar-refractivity contribution in [1.82, 2.24) is 0 Å². The minimum absolute atomic E-state index is 0.727. The van der Waals surface area contributed by atoms with Gasteiger partial charge in [0.25, 0.3) is 6.04 Å². The number of aliphatic carboxylic acids is 1. The molecule has 0 saturated carbocycles. The molecular weight excluding hydrogens is 202 g/mol. The highest BCUT2D eigenvalue weighted by molar-refractivity contribution is 7.81. The summed E-state index contributed by atoms with van der Waals surface area (Å²) < 4.78 is 0.0880. The molecule has 3 nitrogen and oxygen atoms in total. The average molecular weight is 211 g/mol. The molecule has 0 heterocycles. The molecule has 1 unspecified atom stereocenters. The van der Waals surface area contributed by atoms with Crippen LogP contribution < -0.4 is 0 Å². The second-order valence-corrected chi connectivity index (χ2v) is 4.85. The van der Waals surface area contributed by atoms with Gasteiger partial charge >= 0.3 is 5.97 Å². The largest absolute Gasteiger partial charge is 0.476 e. The summed E-state index contributed by atoms with van der Waals surface area (Å²) in [6.07, 6.45) is 0. The zero-order chi connectivity index (χ0) is 9.23. The molecule has 0 radical (unpaired) electrons. The van der Waals surface area contributed by atoms with E-state index in [0.29, 0.717) is 0 Å². The Bertz CT molecular complexity index is 173. The van der Waals surface area contributed by atoms with Crippen LogP contribution in [0.1, 0.15) is 13.8 Å². The second kappa shape index (κ2) is 3.64. The van der Waals surface area contributed by atoms with Gasteiger partial charge in [0.1, 0.15) is 0 Å². The number of carboxylic acid groups (broad SMARTS) is 1. The minimum Gasteiger partial charge on any atom is -0.476 e. The topological polar surface area (TPSA) is 40.3 Å². The average Bonchev–Trinajstić information content (AvgIpc) is 1.54. The van der Waals surface area contributed by atoms with Gasteiger partial charge in [-0.25, -0.2) is 8.15 Å². The van der Waals surface area contributed by atoms with E-state index in [1.165, 1.54) is 0 Å². The normalized spacial score (nSPS) is 14.1. The molecule has 0 amide bonds. The van der Waals surface area contributed by atoms with Crippen molar-refractivity contribution < 1.29 is 13.3 Å². The fourth-order valence-corrected chi connectivity index (χ4v) is 1.74. The highest BCUT2D eigenvalue weighted by atomic mass is 32.2. The van der Waals surface area contributed by atoms with Crippen molar-refractivity contribution in [2.24, 2.45) is 0 Å². The Labute approximate surface area is 81.9 Å². The van der Waals surface area contributed by atoms with E-state index in [4.69, 9.17) is 5.11 Å². The molecule has 0 rings (SSSR count). The van der Waals surface area contributed by atoms with Crippen LogP contribution in [0.15, 0.2) is 0 Å². The molecule has 0 aromatic carbocycles. The number of hydrogen-bond donors (Lipinski definition) is 2. The van der Waals surface area contributed by atoms with Crippen LogP contribution in [-0.4, -0.2) is 25.2 Å². The molecule has 64 valence electrons. The number of nitrogens with zero attached hydrogens (tertiary/aromatic N) is 1. The SMILES string of the molecule is CC(C)(S)C(C(=O)O)[N+](=S)[S-]. The lowest BCUT2D eigenvalue weighted by Gasteiger charge is -2.22. The van der Waals surface area contributed by atoms with Crippen molar-refractivity contribution in [2.75, 3.05) is 0 Å². The summed E-state index contributed by atoms with van der Waals surface area (Å²) in [7, 11) is 0. The Balaban J connectivity index is 4.63. The minimum atomic E-state index is -1.05. The number of hydrogen-bond acceptors (Lipinski definition) is 4. The second-order valence-electron chi connectivity index (χ2n) is 2.68. The van der Waals surface area contributed by atoms with Gasteiger partial charge in [0.05, 0.1) is 4.75 Å². The molecule has 1 atom stereocenters. The maximum atomic E-state index is 10.6. The van der Waals surface area contributed by atoms with Crippen molar-refractivity contribution in [3.8, 4) is 0 Å². The summed E-state index contributed by atoms with van der Waals surface area (Å²) in [5, 5.41) is 8.66. The number of carbonyl (C=O) groups is 1. The van der Waals surface area contributed by atoms with Gasteiger partial charge in [0.15, 0.2) is 0 Å². The number of rotatable bonds is 3. The van der Waals surface area contributed by atoms with Crippen molar-refractivity contribution in [3.63, 3.8) is 0 Å². The first-order valence-corrected chi connectivity index (χ1v) is 4.03. The van der Waals surface area contributed by atoms with Crippen LogP contribution in [0.25, 0.3) is 0 Å². The third-order valence-electron chi connectivity index (χ3n) is 1.11. The van der Waals surface area contributed by atoms with E-state index >= 15 is 0 Å². The molecular formula is C5H9NO2S3. The lowest BCUT2D eigenvalue weighted by Crippen LogP contribution is -2.44.